The third kappa shape index (κ3) is 7.30. The predicted octanol–water partition coefficient (Wildman–Crippen LogP) is 5.90. The summed E-state index contributed by atoms with van der Waals surface area (Å²) in [5.74, 6) is 0.124. The van der Waals surface area contributed by atoms with E-state index in [1.165, 1.54) is 0 Å². The molecular formula is C25H24ClN3O3S. The van der Waals surface area contributed by atoms with Crippen molar-refractivity contribution in [2.24, 2.45) is 0 Å². The van der Waals surface area contributed by atoms with E-state index in [0.29, 0.717) is 33.3 Å². The molecule has 8 heteroatoms. The van der Waals surface area contributed by atoms with Crippen LogP contribution in [0.1, 0.15) is 41.0 Å². The molecule has 0 fully saturated rings. The summed E-state index contributed by atoms with van der Waals surface area (Å²) in [6.07, 6.45) is 1.01. The summed E-state index contributed by atoms with van der Waals surface area (Å²) in [4.78, 5) is 24.7. The molecule has 3 aromatic carbocycles. The molecule has 0 saturated carbocycles. The molecule has 33 heavy (non-hydrogen) atoms. The van der Waals surface area contributed by atoms with Crippen LogP contribution in [-0.2, 0) is 0 Å². The van der Waals surface area contributed by atoms with Gasteiger partial charge >= 0.3 is 0 Å². The van der Waals surface area contributed by atoms with Crippen molar-refractivity contribution in [2.45, 2.75) is 26.4 Å². The lowest BCUT2D eigenvalue weighted by Crippen LogP contribution is -2.34. The Bertz CT molecular complexity index is 1130. The van der Waals surface area contributed by atoms with E-state index in [4.69, 9.17) is 28.6 Å². The second kappa shape index (κ2) is 11.4. The molecule has 0 saturated heterocycles. The molecule has 3 rings (SSSR count). The number of carbonyl (C=O) groups excluding carboxylic acids is 2. The summed E-state index contributed by atoms with van der Waals surface area (Å²) >= 11 is 11.2. The highest BCUT2D eigenvalue weighted by molar-refractivity contribution is 7.80. The minimum Gasteiger partial charge on any atom is -0.491 e. The van der Waals surface area contributed by atoms with Crippen LogP contribution >= 0.6 is 23.8 Å². The zero-order valence-corrected chi connectivity index (χ0v) is 19.8. The van der Waals surface area contributed by atoms with Crippen molar-refractivity contribution in [3.05, 3.63) is 88.9 Å². The van der Waals surface area contributed by atoms with Crippen molar-refractivity contribution in [3.63, 3.8) is 0 Å². The van der Waals surface area contributed by atoms with E-state index in [1.54, 1.807) is 72.8 Å². The smallest absolute Gasteiger partial charge is 0.257 e. The number of hydrogen-bond acceptors (Lipinski definition) is 4. The third-order valence-electron chi connectivity index (χ3n) is 4.74. The molecule has 1 unspecified atom stereocenters. The number of thiocarbonyl (C=S) groups is 1. The SMILES string of the molecule is CCC(C)Oc1ccc(C(=O)NC(=S)Nc2ccc(NC(=O)c3cccc(Cl)c3)cc2)cc1. The molecule has 0 spiro atoms. The first kappa shape index (κ1) is 24.2. The fraction of sp³-hybridized carbons (Fsp3) is 0.160. The van der Waals surface area contributed by atoms with Crippen molar-refractivity contribution in [2.75, 3.05) is 10.6 Å². The second-order valence-corrected chi connectivity index (χ2v) is 8.16. The lowest BCUT2D eigenvalue weighted by molar-refractivity contribution is 0.0976. The van der Waals surface area contributed by atoms with Crippen LogP contribution in [0.15, 0.2) is 72.8 Å². The van der Waals surface area contributed by atoms with Crippen LogP contribution in [0.4, 0.5) is 11.4 Å². The summed E-state index contributed by atoms with van der Waals surface area (Å²) in [6.45, 7) is 4.04. The minimum absolute atomic E-state index is 0.109. The Hall–Kier alpha value is -3.42. The largest absolute Gasteiger partial charge is 0.491 e. The normalized spacial score (nSPS) is 11.2. The summed E-state index contributed by atoms with van der Waals surface area (Å²) in [5, 5.41) is 9.06. The molecule has 0 heterocycles. The Balaban J connectivity index is 1.52. The number of ether oxygens (including phenoxy) is 1. The van der Waals surface area contributed by atoms with Crippen LogP contribution in [0.3, 0.4) is 0 Å². The van der Waals surface area contributed by atoms with Crippen LogP contribution in [-0.4, -0.2) is 23.0 Å². The number of carbonyl (C=O) groups is 2. The number of rotatable bonds is 7. The van der Waals surface area contributed by atoms with E-state index < -0.39 is 0 Å². The molecule has 170 valence electrons. The summed E-state index contributed by atoms with van der Waals surface area (Å²) in [6, 6.07) is 20.5. The van der Waals surface area contributed by atoms with Gasteiger partial charge in [0.25, 0.3) is 11.8 Å². The standard InChI is InChI=1S/C25H24ClN3O3S/c1-3-16(2)32-22-13-7-17(8-14-22)23(30)29-25(33)28-21-11-9-20(10-12-21)27-24(31)18-5-4-6-19(26)15-18/h4-16H,3H2,1-2H3,(H,27,31)(H2,28,29,30,33). The highest BCUT2D eigenvalue weighted by Crippen LogP contribution is 2.17. The Morgan fingerprint density at radius 2 is 1.55 bits per heavy atom. The van der Waals surface area contributed by atoms with Crippen molar-refractivity contribution >= 4 is 52.1 Å². The minimum atomic E-state index is -0.326. The number of halogens is 1. The van der Waals surface area contributed by atoms with Gasteiger partial charge in [-0.15, -0.1) is 0 Å². The Kier molecular flexibility index (Phi) is 8.40. The Morgan fingerprint density at radius 1 is 0.909 bits per heavy atom. The van der Waals surface area contributed by atoms with Crippen LogP contribution < -0.4 is 20.7 Å². The molecule has 0 bridgehead atoms. The van der Waals surface area contributed by atoms with Crippen molar-refractivity contribution in [1.82, 2.24) is 5.32 Å². The second-order valence-electron chi connectivity index (χ2n) is 7.31. The molecule has 6 nitrogen and oxygen atoms in total. The molecular weight excluding hydrogens is 458 g/mol. The van der Waals surface area contributed by atoms with Gasteiger partial charge in [0.05, 0.1) is 6.10 Å². The molecule has 2 amide bonds. The Labute approximate surface area is 203 Å². The predicted molar refractivity (Wildman–Crippen MR) is 136 cm³/mol. The molecule has 3 N–H and O–H groups in total. The van der Waals surface area contributed by atoms with E-state index >= 15 is 0 Å². The van der Waals surface area contributed by atoms with Crippen LogP contribution in [0.2, 0.25) is 5.02 Å². The van der Waals surface area contributed by atoms with Gasteiger partial charge in [0, 0.05) is 27.5 Å². The third-order valence-corrected chi connectivity index (χ3v) is 5.18. The van der Waals surface area contributed by atoms with E-state index in [0.717, 1.165) is 6.42 Å². The quantitative estimate of drug-likeness (QED) is 0.366. The highest BCUT2D eigenvalue weighted by atomic mass is 35.5. The van der Waals surface area contributed by atoms with E-state index in [-0.39, 0.29) is 23.0 Å². The summed E-state index contributed by atoms with van der Waals surface area (Å²) < 4.78 is 5.72. The fourth-order valence-corrected chi connectivity index (χ4v) is 3.21. The average molecular weight is 482 g/mol. The number of anilines is 2. The molecule has 3 aromatic rings. The van der Waals surface area contributed by atoms with Crippen LogP contribution in [0, 0.1) is 0 Å². The highest BCUT2D eigenvalue weighted by Gasteiger charge is 2.10. The number of nitrogens with one attached hydrogen (secondary N) is 3. The van der Waals surface area contributed by atoms with Crippen LogP contribution in [0.25, 0.3) is 0 Å². The number of amides is 2. The molecule has 0 aliphatic rings. The van der Waals surface area contributed by atoms with Gasteiger partial charge in [0.2, 0.25) is 0 Å². The maximum atomic E-state index is 12.4. The lowest BCUT2D eigenvalue weighted by atomic mass is 10.2. The maximum absolute atomic E-state index is 12.4. The fourth-order valence-electron chi connectivity index (χ4n) is 2.81. The van der Waals surface area contributed by atoms with Gasteiger partial charge in [0.15, 0.2) is 5.11 Å². The van der Waals surface area contributed by atoms with Gasteiger partial charge in [-0.05, 0) is 92.3 Å². The van der Waals surface area contributed by atoms with E-state index in [9.17, 15) is 9.59 Å². The Morgan fingerprint density at radius 3 is 2.15 bits per heavy atom. The van der Waals surface area contributed by atoms with Crippen LogP contribution in [0.5, 0.6) is 5.75 Å². The van der Waals surface area contributed by atoms with Gasteiger partial charge in [-0.3, -0.25) is 14.9 Å². The van der Waals surface area contributed by atoms with Crippen molar-refractivity contribution < 1.29 is 14.3 Å². The monoisotopic (exact) mass is 481 g/mol. The van der Waals surface area contributed by atoms with Gasteiger partial charge in [-0.25, -0.2) is 0 Å². The number of benzene rings is 3. The van der Waals surface area contributed by atoms with Gasteiger partial charge in [0.1, 0.15) is 5.75 Å². The first-order valence-electron chi connectivity index (χ1n) is 10.4. The summed E-state index contributed by atoms with van der Waals surface area (Å²) in [7, 11) is 0. The van der Waals surface area contributed by atoms with Gasteiger partial charge in [-0.2, -0.15) is 0 Å². The molecule has 0 aliphatic carbocycles. The molecule has 0 aliphatic heterocycles. The molecule has 0 radical (unpaired) electrons. The van der Waals surface area contributed by atoms with E-state index in [1.807, 2.05) is 13.8 Å². The maximum Gasteiger partial charge on any atom is 0.257 e. The first-order chi connectivity index (χ1) is 15.8. The number of hydrogen-bond donors (Lipinski definition) is 3. The lowest BCUT2D eigenvalue weighted by Gasteiger charge is -2.13. The zero-order chi connectivity index (χ0) is 23.8. The first-order valence-corrected chi connectivity index (χ1v) is 11.2. The topological polar surface area (TPSA) is 79.5 Å². The van der Waals surface area contributed by atoms with Gasteiger partial charge < -0.3 is 15.4 Å². The van der Waals surface area contributed by atoms with Crippen molar-refractivity contribution in [1.29, 1.82) is 0 Å². The van der Waals surface area contributed by atoms with Gasteiger partial charge in [-0.1, -0.05) is 24.6 Å². The zero-order valence-electron chi connectivity index (χ0n) is 18.2. The molecule has 0 aromatic heterocycles. The molecule has 1 atom stereocenters. The van der Waals surface area contributed by atoms with Crippen molar-refractivity contribution in [3.8, 4) is 5.75 Å². The average Bonchev–Trinajstić information content (AvgIpc) is 2.80. The van der Waals surface area contributed by atoms with E-state index in [2.05, 4.69) is 16.0 Å². The summed E-state index contributed by atoms with van der Waals surface area (Å²) in [5.41, 5.74) is 2.21.